The molecule has 0 heterocycles. The summed E-state index contributed by atoms with van der Waals surface area (Å²) in [6.07, 6.45) is 0. The van der Waals surface area contributed by atoms with Gasteiger partial charge in [0.15, 0.2) is 0 Å². The number of hydrogen-bond donors (Lipinski definition) is 3. The Morgan fingerprint density at radius 3 is 2.59 bits per heavy atom. The highest BCUT2D eigenvalue weighted by atomic mass is 32.2. The van der Waals surface area contributed by atoms with E-state index in [1.807, 2.05) is 0 Å². The summed E-state index contributed by atoms with van der Waals surface area (Å²) in [6, 6.07) is 4.66. The number of rotatable bonds is 5. The zero-order valence-corrected chi connectivity index (χ0v) is 10.7. The smallest absolute Gasteiger partial charge is 0.244 e. The van der Waals surface area contributed by atoms with E-state index in [-0.39, 0.29) is 18.0 Å². The molecule has 0 aliphatic rings. The van der Waals surface area contributed by atoms with E-state index in [9.17, 15) is 8.42 Å². The molecule has 1 aromatic carbocycles. The van der Waals surface area contributed by atoms with Crippen molar-refractivity contribution in [2.24, 2.45) is 0 Å². The molecule has 1 aromatic rings. The molecule has 0 saturated heterocycles. The van der Waals surface area contributed by atoms with Gasteiger partial charge in [-0.15, -0.1) is 0 Å². The van der Waals surface area contributed by atoms with Crippen LogP contribution in [0.1, 0.15) is 0 Å². The number of benzene rings is 1. The Balaban J connectivity index is 3.29. The third-order valence-corrected chi connectivity index (χ3v) is 4.09. The van der Waals surface area contributed by atoms with E-state index in [1.54, 1.807) is 12.1 Å². The first kappa shape index (κ1) is 13.8. The van der Waals surface area contributed by atoms with Crippen molar-refractivity contribution in [3.05, 3.63) is 18.2 Å². The highest BCUT2D eigenvalue weighted by Crippen LogP contribution is 2.28. The lowest BCUT2D eigenvalue weighted by Crippen LogP contribution is -2.24. The molecule has 4 N–H and O–H groups in total. The second-order valence-corrected chi connectivity index (χ2v) is 5.78. The van der Waals surface area contributed by atoms with Crippen LogP contribution in [0, 0.1) is 0 Å². The fourth-order valence-electron chi connectivity index (χ4n) is 1.33. The van der Waals surface area contributed by atoms with Gasteiger partial charge in [-0.25, -0.2) is 12.7 Å². The molecule has 0 atom stereocenters. The molecule has 0 amide bonds. The van der Waals surface area contributed by atoms with Crippen molar-refractivity contribution < 1.29 is 13.5 Å². The van der Waals surface area contributed by atoms with E-state index in [4.69, 9.17) is 10.8 Å². The Morgan fingerprint density at radius 1 is 1.41 bits per heavy atom. The molecule has 17 heavy (non-hydrogen) atoms. The highest BCUT2D eigenvalue weighted by molar-refractivity contribution is 7.89. The molecule has 0 aliphatic heterocycles. The second kappa shape index (κ2) is 5.35. The molecular weight excluding hydrogens is 242 g/mol. The van der Waals surface area contributed by atoms with E-state index >= 15 is 0 Å². The predicted molar refractivity (Wildman–Crippen MR) is 67.3 cm³/mol. The molecule has 7 heteroatoms. The monoisotopic (exact) mass is 259 g/mol. The van der Waals surface area contributed by atoms with E-state index in [0.29, 0.717) is 11.4 Å². The first-order valence-corrected chi connectivity index (χ1v) is 6.51. The van der Waals surface area contributed by atoms with Gasteiger partial charge in [0.2, 0.25) is 10.0 Å². The quantitative estimate of drug-likeness (QED) is 0.643. The first-order valence-electron chi connectivity index (χ1n) is 5.07. The number of aliphatic hydroxyl groups excluding tert-OH is 1. The molecule has 0 bridgehead atoms. The Morgan fingerprint density at radius 2 is 2.06 bits per heavy atom. The van der Waals surface area contributed by atoms with Crippen LogP contribution in [0.2, 0.25) is 0 Å². The third kappa shape index (κ3) is 2.87. The summed E-state index contributed by atoms with van der Waals surface area (Å²) in [5.74, 6) is 0. The fraction of sp³-hybridized carbons (Fsp3) is 0.400. The SMILES string of the molecule is CN(C)S(=O)(=O)c1cccc(N)c1NCCO. The summed E-state index contributed by atoms with van der Waals surface area (Å²) in [5.41, 5.74) is 6.40. The minimum Gasteiger partial charge on any atom is -0.397 e. The molecule has 1 rings (SSSR count). The van der Waals surface area contributed by atoms with Crippen LogP contribution in [0.5, 0.6) is 0 Å². The topological polar surface area (TPSA) is 95.7 Å². The van der Waals surface area contributed by atoms with E-state index in [1.165, 1.54) is 20.2 Å². The summed E-state index contributed by atoms with van der Waals surface area (Å²) in [4.78, 5) is 0.107. The molecule has 0 aromatic heterocycles. The van der Waals surface area contributed by atoms with Gasteiger partial charge in [-0.3, -0.25) is 0 Å². The first-order chi connectivity index (χ1) is 7.91. The van der Waals surface area contributed by atoms with Crippen LogP contribution in [0.3, 0.4) is 0 Å². The van der Waals surface area contributed by atoms with Gasteiger partial charge in [0, 0.05) is 20.6 Å². The number of nitrogens with one attached hydrogen (secondary N) is 1. The van der Waals surface area contributed by atoms with E-state index in [2.05, 4.69) is 5.32 Å². The van der Waals surface area contributed by atoms with Gasteiger partial charge in [-0.05, 0) is 12.1 Å². The van der Waals surface area contributed by atoms with Crippen LogP contribution in [0.25, 0.3) is 0 Å². The van der Waals surface area contributed by atoms with E-state index in [0.717, 1.165) is 4.31 Å². The van der Waals surface area contributed by atoms with Gasteiger partial charge in [-0.2, -0.15) is 0 Å². The van der Waals surface area contributed by atoms with Crippen molar-refractivity contribution in [1.82, 2.24) is 4.31 Å². The molecule has 0 spiro atoms. The summed E-state index contributed by atoms with van der Waals surface area (Å²) in [5, 5.41) is 11.6. The van der Waals surface area contributed by atoms with Crippen molar-refractivity contribution in [3.8, 4) is 0 Å². The number of nitrogen functional groups attached to an aromatic ring is 1. The van der Waals surface area contributed by atoms with Crippen LogP contribution in [-0.4, -0.2) is 45.1 Å². The Hall–Kier alpha value is -1.31. The number of para-hydroxylation sites is 1. The number of aliphatic hydroxyl groups is 1. The van der Waals surface area contributed by atoms with Crippen molar-refractivity contribution >= 4 is 21.4 Å². The molecule has 0 fully saturated rings. The molecule has 0 radical (unpaired) electrons. The van der Waals surface area contributed by atoms with Crippen molar-refractivity contribution in [2.75, 3.05) is 38.3 Å². The maximum absolute atomic E-state index is 12.0. The fourth-order valence-corrected chi connectivity index (χ4v) is 2.42. The summed E-state index contributed by atoms with van der Waals surface area (Å²) < 4.78 is 25.2. The molecule has 0 aliphatic carbocycles. The van der Waals surface area contributed by atoms with Crippen LogP contribution < -0.4 is 11.1 Å². The number of nitrogens with two attached hydrogens (primary N) is 1. The maximum Gasteiger partial charge on any atom is 0.244 e. The van der Waals surface area contributed by atoms with Gasteiger partial charge in [0.05, 0.1) is 18.0 Å². The Bertz CT molecular complexity index is 486. The lowest BCUT2D eigenvalue weighted by atomic mass is 10.2. The van der Waals surface area contributed by atoms with Gasteiger partial charge < -0.3 is 16.2 Å². The summed E-state index contributed by atoms with van der Waals surface area (Å²) in [6.45, 7) is 0.139. The van der Waals surface area contributed by atoms with Crippen LogP contribution in [-0.2, 0) is 10.0 Å². The predicted octanol–water partition coefficient (Wildman–Crippen LogP) is -0.0767. The molecule has 0 unspecified atom stereocenters. The van der Waals surface area contributed by atoms with E-state index < -0.39 is 10.0 Å². The average molecular weight is 259 g/mol. The zero-order chi connectivity index (χ0) is 13.1. The molecule has 6 nitrogen and oxygen atoms in total. The molecule has 96 valence electrons. The highest BCUT2D eigenvalue weighted by Gasteiger charge is 2.22. The zero-order valence-electron chi connectivity index (χ0n) is 9.84. The van der Waals surface area contributed by atoms with Crippen LogP contribution in [0.4, 0.5) is 11.4 Å². The number of sulfonamides is 1. The molecular formula is C10H17N3O3S. The third-order valence-electron chi connectivity index (χ3n) is 2.23. The minimum atomic E-state index is -3.55. The van der Waals surface area contributed by atoms with Crippen molar-refractivity contribution in [2.45, 2.75) is 4.90 Å². The number of nitrogens with zero attached hydrogens (tertiary/aromatic N) is 1. The normalized spacial score (nSPS) is 11.8. The van der Waals surface area contributed by atoms with Gasteiger partial charge in [0.25, 0.3) is 0 Å². The second-order valence-electron chi connectivity index (χ2n) is 3.66. The van der Waals surface area contributed by atoms with Crippen LogP contribution in [0.15, 0.2) is 23.1 Å². The average Bonchev–Trinajstić information content (AvgIpc) is 2.26. The molecule has 0 saturated carbocycles. The van der Waals surface area contributed by atoms with Gasteiger partial charge in [0.1, 0.15) is 4.90 Å². The summed E-state index contributed by atoms with van der Waals surface area (Å²) in [7, 11) is -0.646. The van der Waals surface area contributed by atoms with Gasteiger partial charge >= 0.3 is 0 Å². The standard InChI is InChI=1S/C10H17N3O3S/c1-13(2)17(15,16)9-5-3-4-8(11)10(9)12-6-7-14/h3-5,12,14H,6-7,11H2,1-2H3. The largest absolute Gasteiger partial charge is 0.397 e. The van der Waals surface area contributed by atoms with Crippen molar-refractivity contribution in [1.29, 1.82) is 0 Å². The maximum atomic E-state index is 12.0. The number of hydrogen-bond acceptors (Lipinski definition) is 5. The minimum absolute atomic E-state index is 0.101. The van der Waals surface area contributed by atoms with Crippen LogP contribution >= 0.6 is 0 Å². The van der Waals surface area contributed by atoms with Crippen molar-refractivity contribution in [3.63, 3.8) is 0 Å². The Labute approximate surface area is 101 Å². The number of anilines is 2. The lowest BCUT2D eigenvalue weighted by molar-refractivity contribution is 0.311. The van der Waals surface area contributed by atoms with Gasteiger partial charge in [-0.1, -0.05) is 6.07 Å². The summed E-state index contributed by atoms with van der Waals surface area (Å²) >= 11 is 0. The lowest BCUT2D eigenvalue weighted by Gasteiger charge is -2.17. The Kier molecular flexibility index (Phi) is 4.33.